The van der Waals surface area contributed by atoms with E-state index in [9.17, 15) is 0 Å². The van der Waals surface area contributed by atoms with Gasteiger partial charge in [0.25, 0.3) is 0 Å². The number of fused-ring (bicyclic) bond motifs is 1. The van der Waals surface area contributed by atoms with Crippen LogP contribution in [0.25, 0.3) is 11.2 Å². The van der Waals surface area contributed by atoms with E-state index >= 15 is 0 Å². The summed E-state index contributed by atoms with van der Waals surface area (Å²) in [6.45, 7) is 1.81. The SMILES string of the molecule is c1nc(NCC2CCCC2)c2ncn(C3CCCO3)c2n1. The molecule has 0 bridgehead atoms. The highest BCUT2D eigenvalue weighted by Crippen LogP contribution is 2.28. The normalized spacial score (nSPS) is 23.1. The smallest absolute Gasteiger partial charge is 0.167 e. The Hall–Kier alpha value is -1.69. The second-order valence-corrected chi connectivity index (χ2v) is 6.05. The molecule has 1 atom stereocenters. The third-order valence-electron chi connectivity index (χ3n) is 4.61. The van der Waals surface area contributed by atoms with Gasteiger partial charge in [-0.05, 0) is 31.6 Å². The molecule has 1 unspecified atom stereocenters. The molecule has 2 fully saturated rings. The topological polar surface area (TPSA) is 64.9 Å². The molecule has 3 heterocycles. The predicted molar refractivity (Wildman–Crippen MR) is 80.0 cm³/mol. The summed E-state index contributed by atoms with van der Waals surface area (Å²) in [7, 11) is 0. The number of aromatic nitrogens is 4. The van der Waals surface area contributed by atoms with E-state index in [0.29, 0.717) is 0 Å². The zero-order valence-corrected chi connectivity index (χ0v) is 12.2. The molecule has 0 amide bonds. The molecule has 6 nitrogen and oxygen atoms in total. The van der Waals surface area contributed by atoms with Crippen LogP contribution in [0.5, 0.6) is 0 Å². The van der Waals surface area contributed by atoms with Gasteiger partial charge in [0.1, 0.15) is 12.6 Å². The van der Waals surface area contributed by atoms with Crippen LogP contribution in [0.15, 0.2) is 12.7 Å². The monoisotopic (exact) mass is 287 g/mol. The van der Waals surface area contributed by atoms with Gasteiger partial charge in [-0.15, -0.1) is 0 Å². The number of ether oxygens (including phenoxy) is 1. The van der Waals surface area contributed by atoms with Gasteiger partial charge in [0.05, 0.1) is 6.33 Å². The van der Waals surface area contributed by atoms with E-state index in [0.717, 1.165) is 48.9 Å². The van der Waals surface area contributed by atoms with Gasteiger partial charge in [-0.2, -0.15) is 0 Å². The minimum Gasteiger partial charge on any atom is -0.368 e. The third-order valence-corrected chi connectivity index (χ3v) is 4.61. The minimum absolute atomic E-state index is 0.0765. The lowest BCUT2D eigenvalue weighted by atomic mass is 10.1. The molecule has 1 aliphatic heterocycles. The van der Waals surface area contributed by atoms with Crippen molar-refractivity contribution < 1.29 is 4.74 Å². The number of hydrogen-bond acceptors (Lipinski definition) is 5. The lowest BCUT2D eigenvalue weighted by molar-refractivity contribution is 0.0593. The van der Waals surface area contributed by atoms with Crippen molar-refractivity contribution in [3.8, 4) is 0 Å². The maximum atomic E-state index is 5.73. The molecule has 6 heteroatoms. The number of nitrogens with one attached hydrogen (secondary N) is 1. The molecule has 1 saturated carbocycles. The first kappa shape index (κ1) is 13.0. The molecule has 2 aromatic heterocycles. The van der Waals surface area contributed by atoms with Crippen LogP contribution < -0.4 is 5.32 Å². The summed E-state index contributed by atoms with van der Waals surface area (Å²) in [6.07, 6.45) is 11.0. The van der Waals surface area contributed by atoms with Crippen LogP contribution in [0.4, 0.5) is 5.82 Å². The van der Waals surface area contributed by atoms with Crippen LogP contribution >= 0.6 is 0 Å². The molecule has 1 aliphatic carbocycles. The largest absolute Gasteiger partial charge is 0.368 e. The third kappa shape index (κ3) is 2.48. The first-order valence-corrected chi connectivity index (χ1v) is 7.95. The van der Waals surface area contributed by atoms with Gasteiger partial charge >= 0.3 is 0 Å². The summed E-state index contributed by atoms with van der Waals surface area (Å²) in [5, 5.41) is 3.47. The molecule has 0 radical (unpaired) electrons. The van der Waals surface area contributed by atoms with E-state index in [-0.39, 0.29) is 6.23 Å². The second kappa shape index (κ2) is 5.60. The van der Waals surface area contributed by atoms with Gasteiger partial charge in [0.15, 0.2) is 17.0 Å². The molecule has 0 spiro atoms. The van der Waals surface area contributed by atoms with Crippen LogP contribution in [0, 0.1) is 5.92 Å². The van der Waals surface area contributed by atoms with Gasteiger partial charge in [-0.1, -0.05) is 12.8 Å². The number of imidazole rings is 1. The van der Waals surface area contributed by atoms with Crippen LogP contribution in [0.2, 0.25) is 0 Å². The fourth-order valence-electron chi connectivity index (χ4n) is 3.43. The van der Waals surface area contributed by atoms with Gasteiger partial charge in [-0.3, -0.25) is 4.57 Å². The van der Waals surface area contributed by atoms with Crippen LogP contribution in [0.1, 0.15) is 44.8 Å². The summed E-state index contributed by atoms with van der Waals surface area (Å²) in [5.41, 5.74) is 1.72. The van der Waals surface area contributed by atoms with Crippen LogP contribution in [-0.4, -0.2) is 32.7 Å². The highest BCUT2D eigenvalue weighted by atomic mass is 16.5. The van der Waals surface area contributed by atoms with Crippen molar-refractivity contribution in [1.29, 1.82) is 0 Å². The van der Waals surface area contributed by atoms with Gasteiger partial charge in [-0.25, -0.2) is 15.0 Å². The van der Waals surface area contributed by atoms with Gasteiger partial charge in [0.2, 0.25) is 0 Å². The van der Waals surface area contributed by atoms with E-state index in [1.807, 2.05) is 10.9 Å². The van der Waals surface area contributed by atoms with E-state index < -0.39 is 0 Å². The van der Waals surface area contributed by atoms with Crippen LogP contribution in [0.3, 0.4) is 0 Å². The quantitative estimate of drug-likeness (QED) is 0.936. The number of nitrogens with zero attached hydrogens (tertiary/aromatic N) is 4. The van der Waals surface area contributed by atoms with Crippen molar-refractivity contribution in [2.45, 2.75) is 44.8 Å². The molecule has 2 aromatic rings. The average Bonchev–Trinajstić information content (AvgIpc) is 3.24. The summed E-state index contributed by atoms with van der Waals surface area (Å²) in [6, 6.07) is 0. The Labute approximate surface area is 123 Å². The number of anilines is 1. The Kier molecular flexibility index (Phi) is 3.47. The van der Waals surface area contributed by atoms with Crippen molar-refractivity contribution in [3.05, 3.63) is 12.7 Å². The molecule has 1 N–H and O–H groups in total. The Bertz CT molecular complexity index is 614. The van der Waals surface area contributed by atoms with Gasteiger partial charge in [0, 0.05) is 13.2 Å². The van der Waals surface area contributed by atoms with E-state index in [1.165, 1.54) is 25.7 Å². The molecule has 2 aliphatic rings. The van der Waals surface area contributed by atoms with Gasteiger partial charge < -0.3 is 10.1 Å². The molecule has 4 rings (SSSR count). The Morgan fingerprint density at radius 3 is 2.86 bits per heavy atom. The van der Waals surface area contributed by atoms with E-state index in [1.54, 1.807) is 6.33 Å². The summed E-state index contributed by atoms with van der Waals surface area (Å²) in [4.78, 5) is 13.3. The van der Waals surface area contributed by atoms with Crippen molar-refractivity contribution in [2.24, 2.45) is 5.92 Å². The maximum absolute atomic E-state index is 5.73. The van der Waals surface area contributed by atoms with Crippen molar-refractivity contribution >= 4 is 17.0 Å². The zero-order chi connectivity index (χ0) is 14.1. The standard InChI is InChI=1S/C15H21N5O/c1-2-5-11(4-1)8-16-14-13-15(18-9-17-14)20(10-19-13)12-6-3-7-21-12/h9-12H,1-8H2,(H,16,17,18). The van der Waals surface area contributed by atoms with E-state index in [2.05, 4.69) is 20.3 Å². The molecule has 0 aromatic carbocycles. The molecule has 21 heavy (non-hydrogen) atoms. The maximum Gasteiger partial charge on any atom is 0.167 e. The Morgan fingerprint density at radius 2 is 2.05 bits per heavy atom. The highest BCUT2D eigenvalue weighted by Gasteiger charge is 2.21. The first-order valence-electron chi connectivity index (χ1n) is 7.95. The molecule has 112 valence electrons. The fourth-order valence-corrected chi connectivity index (χ4v) is 3.43. The Morgan fingerprint density at radius 1 is 1.14 bits per heavy atom. The first-order chi connectivity index (χ1) is 10.4. The molecular weight excluding hydrogens is 266 g/mol. The summed E-state index contributed by atoms with van der Waals surface area (Å²) in [5.74, 6) is 1.62. The lowest BCUT2D eigenvalue weighted by Crippen LogP contribution is -2.12. The predicted octanol–water partition coefficient (Wildman–Crippen LogP) is 2.74. The minimum atomic E-state index is 0.0765. The number of hydrogen-bond donors (Lipinski definition) is 1. The summed E-state index contributed by atoms with van der Waals surface area (Å²) < 4.78 is 7.76. The second-order valence-electron chi connectivity index (χ2n) is 6.05. The zero-order valence-electron chi connectivity index (χ0n) is 12.2. The summed E-state index contributed by atoms with van der Waals surface area (Å²) >= 11 is 0. The molecule has 1 saturated heterocycles. The average molecular weight is 287 g/mol. The van der Waals surface area contributed by atoms with Crippen molar-refractivity contribution in [2.75, 3.05) is 18.5 Å². The van der Waals surface area contributed by atoms with Crippen LogP contribution in [-0.2, 0) is 4.74 Å². The Balaban J connectivity index is 1.57. The number of rotatable bonds is 4. The van der Waals surface area contributed by atoms with Crippen molar-refractivity contribution in [1.82, 2.24) is 19.5 Å². The van der Waals surface area contributed by atoms with Crippen molar-refractivity contribution in [3.63, 3.8) is 0 Å². The highest BCUT2D eigenvalue weighted by molar-refractivity contribution is 5.82. The lowest BCUT2D eigenvalue weighted by Gasteiger charge is -2.13. The molecular formula is C15H21N5O. The fraction of sp³-hybridized carbons (Fsp3) is 0.667. The van der Waals surface area contributed by atoms with E-state index in [4.69, 9.17) is 4.74 Å².